The quantitative estimate of drug-likeness (QED) is 0.0986. The van der Waals surface area contributed by atoms with Gasteiger partial charge in [0.15, 0.2) is 11.5 Å². The predicted molar refractivity (Wildman–Crippen MR) is 192 cm³/mol. The Balaban J connectivity index is 1.60. The van der Waals surface area contributed by atoms with Gasteiger partial charge in [-0.15, -0.1) is 23.4 Å². The topological polar surface area (TPSA) is 205 Å². The molecule has 2 aliphatic heterocycles. The highest BCUT2D eigenvalue weighted by molar-refractivity contribution is 8.00. The summed E-state index contributed by atoms with van der Waals surface area (Å²) in [5.41, 5.74) is 0.592. The summed E-state index contributed by atoms with van der Waals surface area (Å²) in [6.45, 7) is 7.99. The molecule has 2 aromatic rings. The zero-order valence-corrected chi connectivity index (χ0v) is 31.5. The summed E-state index contributed by atoms with van der Waals surface area (Å²) in [4.78, 5) is 88.1. The van der Waals surface area contributed by atoms with Gasteiger partial charge in [-0.25, -0.2) is 14.4 Å². The number of hydrogen-bond acceptors (Lipinski definition) is 15. The SMILES string of the molecule is [B]OC(=O)C1=C(CCl)CS[C@@H]2[C@H](CC(=O)/C(=N\OC(CNC(=O)c3ccc(C)c(C)c3Cl)C(=O)O[B])c3nsc(NC(=O)OC(C)(C)C)n3)C(=O)N12. The lowest BCUT2D eigenvalue weighted by atomic mass is 9.89. The Bertz CT molecular complexity index is 1850. The van der Waals surface area contributed by atoms with E-state index in [0.29, 0.717) is 22.7 Å². The van der Waals surface area contributed by atoms with Gasteiger partial charge in [0, 0.05) is 29.6 Å². The molecule has 16 nitrogen and oxygen atoms in total. The van der Waals surface area contributed by atoms with Crippen molar-refractivity contribution in [3.63, 3.8) is 0 Å². The molecule has 22 heteroatoms. The van der Waals surface area contributed by atoms with Crippen molar-refractivity contribution in [1.29, 1.82) is 0 Å². The number of oxime groups is 1. The van der Waals surface area contributed by atoms with Gasteiger partial charge in [-0.2, -0.15) is 9.36 Å². The number of halogens is 2. The molecule has 52 heavy (non-hydrogen) atoms. The van der Waals surface area contributed by atoms with Gasteiger partial charge in [-0.3, -0.25) is 24.6 Å². The highest BCUT2D eigenvalue weighted by Crippen LogP contribution is 2.45. The third-order valence-electron chi connectivity index (χ3n) is 7.53. The van der Waals surface area contributed by atoms with Crippen LogP contribution in [0.2, 0.25) is 5.02 Å². The third kappa shape index (κ3) is 9.26. The fraction of sp³-hybridized carbons (Fsp3) is 0.433. The van der Waals surface area contributed by atoms with E-state index in [9.17, 15) is 28.8 Å². The minimum atomic E-state index is -1.70. The van der Waals surface area contributed by atoms with Crippen LogP contribution in [0.5, 0.6) is 0 Å². The minimum Gasteiger partial charge on any atom is -0.541 e. The average Bonchev–Trinajstić information content (AvgIpc) is 3.55. The number of ether oxygens (including phenoxy) is 1. The highest BCUT2D eigenvalue weighted by Gasteiger charge is 2.54. The van der Waals surface area contributed by atoms with Crippen molar-refractivity contribution in [2.45, 2.75) is 58.1 Å². The van der Waals surface area contributed by atoms with E-state index in [2.05, 4.69) is 34.5 Å². The molecule has 1 fully saturated rings. The standard InChI is InChI=1S/C30H30B2Cl2N6O10S2/c1-12-6-7-15(19(34)13(12)2)23(42)35-10-18(26(44)48-31)50-38-20(22-36-28(52-39-22)37-29(46)47-30(3,4)5)17(41)8-16-24(43)40-21(27(45)49-32)14(9-33)11-51-25(16)40/h6-7,16,18,25H,8-11H2,1-5H3,(H,35,42)(H,36,37,39,46)/b38-20+/t16-,18?,25-/m1/s1. The van der Waals surface area contributed by atoms with Gasteiger partial charge in [0.05, 0.1) is 28.4 Å². The number of ketones is 1. The van der Waals surface area contributed by atoms with Crippen LogP contribution in [0.3, 0.4) is 0 Å². The van der Waals surface area contributed by atoms with Crippen LogP contribution in [0.15, 0.2) is 28.6 Å². The number of nitrogens with one attached hydrogen (secondary N) is 2. The smallest absolute Gasteiger partial charge is 0.414 e. The van der Waals surface area contributed by atoms with E-state index in [1.807, 2.05) is 6.92 Å². The number of anilines is 1. The van der Waals surface area contributed by atoms with E-state index in [1.54, 1.807) is 33.8 Å². The molecule has 272 valence electrons. The number of aromatic nitrogens is 2. The van der Waals surface area contributed by atoms with Crippen LogP contribution in [0.1, 0.15) is 54.5 Å². The lowest BCUT2D eigenvalue weighted by Crippen LogP contribution is -2.62. The Morgan fingerprint density at radius 1 is 1.15 bits per heavy atom. The number of nitrogens with zero attached hydrogens (tertiary/aromatic N) is 4. The van der Waals surface area contributed by atoms with E-state index in [1.165, 1.54) is 17.8 Å². The molecule has 2 N–H and O–H groups in total. The maximum atomic E-state index is 13.8. The van der Waals surface area contributed by atoms with E-state index in [-0.39, 0.29) is 38.9 Å². The van der Waals surface area contributed by atoms with Gasteiger partial charge in [0.25, 0.3) is 5.91 Å². The Labute approximate surface area is 318 Å². The molecule has 4 rings (SSSR count). The van der Waals surface area contributed by atoms with Gasteiger partial charge in [-0.05, 0) is 57.4 Å². The zero-order valence-electron chi connectivity index (χ0n) is 28.3. The van der Waals surface area contributed by atoms with Crippen molar-refractivity contribution in [3.05, 3.63) is 50.9 Å². The van der Waals surface area contributed by atoms with Crippen LogP contribution in [-0.2, 0) is 38.1 Å². The number of thioether (sulfide) groups is 1. The van der Waals surface area contributed by atoms with Crippen molar-refractivity contribution in [2.24, 2.45) is 11.1 Å². The fourth-order valence-electron chi connectivity index (χ4n) is 4.83. The first-order valence-corrected chi connectivity index (χ1v) is 17.9. The number of β-lactam (4-membered cyclic amide) rings is 1. The monoisotopic (exact) mass is 790 g/mol. The third-order valence-corrected chi connectivity index (χ3v) is 10.4. The van der Waals surface area contributed by atoms with Gasteiger partial charge >= 0.3 is 34.1 Å². The van der Waals surface area contributed by atoms with Gasteiger partial charge in [0.1, 0.15) is 11.3 Å². The van der Waals surface area contributed by atoms with Gasteiger partial charge < -0.3 is 24.2 Å². The molecular formula is C30H30B2Cl2N6O10S2. The van der Waals surface area contributed by atoms with Crippen molar-refractivity contribution in [3.8, 4) is 0 Å². The highest BCUT2D eigenvalue weighted by atomic mass is 35.5. The Morgan fingerprint density at radius 3 is 2.50 bits per heavy atom. The van der Waals surface area contributed by atoms with Crippen LogP contribution in [0.4, 0.5) is 9.93 Å². The number of Topliss-reactive ketones (excluding diaryl/α,β-unsaturated/α-hetero) is 1. The number of carbonyl (C=O) groups is 6. The molecule has 0 bridgehead atoms. The predicted octanol–water partition coefficient (Wildman–Crippen LogP) is 2.91. The molecule has 1 saturated heterocycles. The summed E-state index contributed by atoms with van der Waals surface area (Å²) in [7, 11) is 10.2. The zero-order chi connectivity index (χ0) is 38.5. The molecule has 4 radical (unpaired) electrons. The maximum Gasteiger partial charge on any atom is 0.414 e. The summed E-state index contributed by atoms with van der Waals surface area (Å²) in [5, 5.41) is 8.19. The Hall–Kier alpha value is -4.13. The van der Waals surface area contributed by atoms with Crippen LogP contribution in [0.25, 0.3) is 0 Å². The van der Waals surface area contributed by atoms with Crippen LogP contribution >= 0.6 is 46.5 Å². The minimum absolute atomic E-state index is 0.0641. The van der Waals surface area contributed by atoms with Gasteiger partial charge in [-0.1, -0.05) is 22.8 Å². The second-order valence-corrected chi connectivity index (χ2v) is 14.7. The first-order chi connectivity index (χ1) is 24.5. The molecule has 0 spiro atoms. The Kier molecular flexibility index (Phi) is 13.4. The molecule has 3 atom stereocenters. The molecule has 1 aromatic heterocycles. The lowest BCUT2D eigenvalue weighted by Gasteiger charge is -2.49. The van der Waals surface area contributed by atoms with E-state index in [0.717, 1.165) is 10.5 Å². The second kappa shape index (κ2) is 17.1. The first-order valence-electron chi connectivity index (χ1n) is 15.2. The molecule has 1 aromatic carbocycles. The van der Waals surface area contributed by atoms with Crippen molar-refractivity contribution in [1.82, 2.24) is 19.6 Å². The van der Waals surface area contributed by atoms with E-state index < -0.39 is 77.3 Å². The normalized spacial score (nSPS) is 17.7. The molecule has 3 heterocycles. The molecule has 2 aliphatic rings. The first kappa shape index (κ1) is 40.6. The van der Waals surface area contributed by atoms with Crippen molar-refractivity contribution >= 4 is 109 Å². The van der Waals surface area contributed by atoms with Crippen LogP contribution < -0.4 is 10.6 Å². The number of carbonyl (C=O) groups excluding carboxylic acids is 6. The number of rotatable bonds is 13. The molecule has 0 aliphatic carbocycles. The fourth-order valence-corrected chi connectivity index (χ4v) is 7.43. The summed E-state index contributed by atoms with van der Waals surface area (Å²) < 4.78 is 18.0. The van der Waals surface area contributed by atoms with Crippen LogP contribution in [0, 0.1) is 19.8 Å². The van der Waals surface area contributed by atoms with Crippen molar-refractivity contribution < 1.29 is 47.7 Å². The van der Waals surface area contributed by atoms with E-state index in [4.69, 9.17) is 48.9 Å². The summed E-state index contributed by atoms with van der Waals surface area (Å²) in [6.07, 6.45) is -3.02. The van der Waals surface area contributed by atoms with E-state index >= 15 is 0 Å². The molecule has 1 unspecified atom stereocenters. The largest absolute Gasteiger partial charge is 0.541 e. The molecule has 3 amide bonds. The summed E-state index contributed by atoms with van der Waals surface area (Å²) in [6, 6.07) is 3.20. The summed E-state index contributed by atoms with van der Waals surface area (Å²) >= 11 is 14.3. The van der Waals surface area contributed by atoms with Gasteiger partial charge in [0.2, 0.25) is 23.0 Å². The maximum absolute atomic E-state index is 13.8. The number of amides is 3. The van der Waals surface area contributed by atoms with Crippen molar-refractivity contribution in [2.75, 3.05) is 23.5 Å². The molecule has 0 saturated carbocycles. The molecular weight excluding hydrogens is 761 g/mol. The Morgan fingerprint density at radius 2 is 1.87 bits per heavy atom. The van der Waals surface area contributed by atoms with Crippen LogP contribution in [-0.4, -0.2) is 107 Å². The number of alkyl halides is 1. The number of aryl methyl sites for hydroxylation is 1. The average molecular weight is 791 g/mol. The summed E-state index contributed by atoms with van der Waals surface area (Å²) in [5.74, 6) is -5.31. The second-order valence-electron chi connectivity index (χ2n) is 12.2. The number of hydrogen-bond donors (Lipinski definition) is 2. The number of fused-ring (bicyclic) bond motifs is 1. The number of benzene rings is 1. The lowest BCUT2D eigenvalue weighted by molar-refractivity contribution is -0.152.